The van der Waals surface area contributed by atoms with Crippen LogP contribution < -0.4 is 0 Å². The molecule has 3 rings (SSSR count). The van der Waals surface area contributed by atoms with E-state index in [-0.39, 0.29) is 5.91 Å². The number of carbonyl (C=O) groups is 1. The summed E-state index contributed by atoms with van der Waals surface area (Å²) in [5.41, 5.74) is 0. The van der Waals surface area contributed by atoms with Gasteiger partial charge in [-0.3, -0.25) is 9.69 Å². The fourth-order valence-electron chi connectivity index (χ4n) is 4.11. The van der Waals surface area contributed by atoms with Crippen LogP contribution in [0, 0.1) is 0 Å². The Balaban J connectivity index is 1.47. The van der Waals surface area contributed by atoms with Gasteiger partial charge in [-0.25, -0.2) is 0 Å². The molecule has 0 bridgehead atoms. The molecule has 1 aromatic heterocycles. The number of β-amino-alcohol motifs (C(OH)–C–C–N with tert-alkyl or cyclic N) is 1. The first-order valence-electron chi connectivity index (χ1n) is 8.94. The lowest BCUT2D eigenvalue weighted by Gasteiger charge is -2.35. The lowest BCUT2D eigenvalue weighted by Crippen LogP contribution is -2.49. The first-order valence-corrected chi connectivity index (χ1v) is 8.94. The normalized spacial score (nSPS) is 26.2. The van der Waals surface area contributed by atoms with Gasteiger partial charge >= 0.3 is 0 Å². The summed E-state index contributed by atoms with van der Waals surface area (Å²) in [4.78, 5) is 16.2. The molecule has 1 aromatic rings. The van der Waals surface area contributed by atoms with Gasteiger partial charge in [-0.1, -0.05) is 0 Å². The Morgan fingerprint density at radius 1 is 1.38 bits per heavy atom. The van der Waals surface area contributed by atoms with Crippen LogP contribution in [0.5, 0.6) is 0 Å². The van der Waals surface area contributed by atoms with Gasteiger partial charge in [0.05, 0.1) is 19.0 Å². The highest BCUT2D eigenvalue weighted by Gasteiger charge is 2.39. The standard InChI is InChI=1S/C18H28N2O4/c1-14(21)20-9-3-7-18(20)17-6-2-8-19(17)11-15(22)12-23-13-16-5-4-10-24-16/h4-5,10,15,17-18,22H,2-3,6-9,11-13H2,1H3/t15-,17+,18+/m0/s1. The SMILES string of the molecule is CC(=O)N1CCC[C@@H]1[C@H]1CCCN1C[C@H](O)COCc1ccco1. The lowest BCUT2D eigenvalue weighted by atomic mass is 10.0. The second kappa shape index (κ2) is 8.14. The Labute approximate surface area is 143 Å². The minimum atomic E-state index is -0.521. The topological polar surface area (TPSA) is 66.2 Å². The van der Waals surface area contributed by atoms with Crippen molar-refractivity contribution in [1.29, 1.82) is 0 Å². The molecule has 3 atom stereocenters. The summed E-state index contributed by atoms with van der Waals surface area (Å²) in [7, 11) is 0. The Hall–Kier alpha value is -1.37. The van der Waals surface area contributed by atoms with Crippen molar-refractivity contribution in [2.45, 2.75) is 57.4 Å². The fraction of sp³-hybridized carbons (Fsp3) is 0.722. The van der Waals surface area contributed by atoms with E-state index in [1.54, 1.807) is 13.2 Å². The monoisotopic (exact) mass is 336 g/mol. The molecule has 6 nitrogen and oxygen atoms in total. The second-order valence-corrected chi connectivity index (χ2v) is 6.87. The summed E-state index contributed by atoms with van der Waals surface area (Å²) in [6.07, 6.45) is 5.50. The van der Waals surface area contributed by atoms with Crippen molar-refractivity contribution in [3.8, 4) is 0 Å². The van der Waals surface area contributed by atoms with Crippen LogP contribution in [0.3, 0.4) is 0 Å². The third kappa shape index (κ3) is 4.18. The molecular weight excluding hydrogens is 308 g/mol. The van der Waals surface area contributed by atoms with Crippen molar-refractivity contribution >= 4 is 5.91 Å². The quantitative estimate of drug-likeness (QED) is 0.820. The summed E-state index contributed by atoms with van der Waals surface area (Å²) in [5.74, 6) is 0.941. The van der Waals surface area contributed by atoms with Crippen molar-refractivity contribution in [3.05, 3.63) is 24.2 Å². The molecule has 0 aromatic carbocycles. The van der Waals surface area contributed by atoms with Crippen LogP contribution in [0.2, 0.25) is 0 Å². The number of aliphatic hydroxyl groups excluding tert-OH is 1. The van der Waals surface area contributed by atoms with Crippen LogP contribution in [-0.2, 0) is 16.1 Å². The van der Waals surface area contributed by atoms with E-state index in [4.69, 9.17) is 9.15 Å². The van der Waals surface area contributed by atoms with E-state index in [1.807, 2.05) is 17.0 Å². The Kier molecular flexibility index (Phi) is 5.92. The predicted octanol–water partition coefficient (Wildman–Crippen LogP) is 1.63. The van der Waals surface area contributed by atoms with Crippen molar-refractivity contribution in [3.63, 3.8) is 0 Å². The summed E-state index contributed by atoms with van der Waals surface area (Å²) < 4.78 is 10.7. The van der Waals surface area contributed by atoms with Gasteiger partial charge < -0.3 is 19.2 Å². The number of carbonyl (C=O) groups excluding carboxylic acids is 1. The molecule has 2 aliphatic heterocycles. The van der Waals surface area contributed by atoms with Gasteiger partial charge in [0, 0.05) is 32.1 Å². The van der Waals surface area contributed by atoms with Crippen LogP contribution in [-0.4, -0.2) is 65.2 Å². The third-order valence-corrected chi connectivity index (χ3v) is 5.14. The van der Waals surface area contributed by atoms with Gasteiger partial charge in [-0.05, 0) is 44.4 Å². The van der Waals surface area contributed by atoms with Crippen LogP contribution in [0.25, 0.3) is 0 Å². The van der Waals surface area contributed by atoms with E-state index in [0.717, 1.165) is 44.5 Å². The highest BCUT2D eigenvalue weighted by atomic mass is 16.5. The third-order valence-electron chi connectivity index (χ3n) is 5.14. The zero-order valence-corrected chi connectivity index (χ0v) is 14.4. The highest BCUT2D eigenvalue weighted by Crippen LogP contribution is 2.30. The van der Waals surface area contributed by atoms with Gasteiger partial charge in [-0.2, -0.15) is 0 Å². The lowest BCUT2D eigenvalue weighted by molar-refractivity contribution is -0.130. The molecule has 24 heavy (non-hydrogen) atoms. The number of ether oxygens (including phenoxy) is 1. The largest absolute Gasteiger partial charge is 0.467 e. The number of hydrogen-bond donors (Lipinski definition) is 1. The van der Waals surface area contributed by atoms with Crippen molar-refractivity contribution in [2.75, 3.05) is 26.2 Å². The molecule has 0 spiro atoms. The van der Waals surface area contributed by atoms with Crippen LogP contribution in [0.1, 0.15) is 38.4 Å². The predicted molar refractivity (Wildman–Crippen MR) is 89.4 cm³/mol. The number of aliphatic hydroxyl groups is 1. The first-order chi connectivity index (χ1) is 11.6. The van der Waals surface area contributed by atoms with Gasteiger partial charge in [-0.15, -0.1) is 0 Å². The second-order valence-electron chi connectivity index (χ2n) is 6.87. The molecule has 2 saturated heterocycles. The van der Waals surface area contributed by atoms with Crippen molar-refractivity contribution in [1.82, 2.24) is 9.80 Å². The van der Waals surface area contributed by atoms with Gasteiger partial charge in [0.1, 0.15) is 12.4 Å². The molecule has 0 unspecified atom stereocenters. The maximum Gasteiger partial charge on any atom is 0.219 e. The minimum absolute atomic E-state index is 0.173. The molecule has 2 aliphatic rings. The van der Waals surface area contributed by atoms with Crippen molar-refractivity contribution < 1.29 is 19.1 Å². The van der Waals surface area contributed by atoms with Crippen LogP contribution >= 0.6 is 0 Å². The number of nitrogens with zero attached hydrogens (tertiary/aromatic N) is 2. The molecule has 3 heterocycles. The maximum atomic E-state index is 11.8. The van der Waals surface area contributed by atoms with E-state index in [1.165, 1.54) is 0 Å². The molecule has 1 amide bonds. The molecule has 0 aliphatic carbocycles. The molecule has 6 heteroatoms. The molecule has 0 radical (unpaired) electrons. The number of likely N-dealkylation sites (tertiary alicyclic amines) is 2. The van der Waals surface area contributed by atoms with Gasteiger partial charge in [0.15, 0.2) is 0 Å². The minimum Gasteiger partial charge on any atom is -0.467 e. The smallest absolute Gasteiger partial charge is 0.219 e. The number of rotatable bonds is 7. The summed E-state index contributed by atoms with van der Waals surface area (Å²) in [6.45, 7) is 4.81. The van der Waals surface area contributed by atoms with Crippen LogP contribution in [0.15, 0.2) is 22.8 Å². The average Bonchev–Trinajstić information content (AvgIpc) is 3.28. The zero-order chi connectivity index (χ0) is 16.9. The molecular formula is C18H28N2O4. The Morgan fingerprint density at radius 3 is 2.92 bits per heavy atom. The summed E-state index contributed by atoms with van der Waals surface area (Å²) in [5, 5.41) is 10.3. The van der Waals surface area contributed by atoms with Crippen molar-refractivity contribution in [2.24, 2.45) is 0 Å². The highest BCUT2D eigenvalue weighted by molar-refractivity contribution is 5.74. The van der Waals surface area contributed by atoms with Gasteiger partial charge in [0.25, 0.3) is 0 Å². The Bertz CT molecular complexity index is 519. The van der Waals surface area contributed by atoms with Gasteiger partial charge in [0.2, 0.25) is 5.91 Å². The number of furan rings is 1. The van der Waals surface area contributed by atoms with E-state index in [2.05, 4.69) is 4.90 Å². The van der Waals surface area contributed by atoms with E-state index < -0.39 is 6.10 Å². The molecule has 134 valence electrons. The molecule has 2 fully saturated rings. The maximum absolute atomic E-state index is 11.8. The van der Waals surface area contributed by atoms with E-state index in [9.17, 15) is 9.90 Å². The summed E-state index contributed by atoms with van der Waals surface area (Å²) in [6, 6.07) is 4.36. The zero-order valence-electron chi connectivity index (χ0n) is 14.4. The summed E-state index contributed by atoms with van der Waals surface area (Å²) >= 11 is 0. The molecule has 0 saturated carbocycles. The number of hydrogen-bond acceptors (Lipinski definition) is 5. The van der Waals surface area contributed by atoms with E-state index in [0.29, 0.717) is 31.8 Å². The average molecular weight is 336 g/mol. The van der Waals surface area contributed by atoms with E-state index >= 15 is 0 Å². The molecule has 1 N–H and O–H groups in total. The fourth-order valence-corrected chi connectivity index (χ4v) is 4.11. The number of amides is 1. The first kappa shape index (κ1) is 17.5. The van der Waals surface area contributed by atoms with Crippen LogP contribution in [0.4, 0.5) is 0 Å². The Morgan fingerprint density at radius 2 is 2.17 bits per heavy atom.